The van der Waals surface area contributed by atoms with Crippen LogP contribution in [0.5, 0.6) is 0 Å². The molecule has 8 atom stereocenters. The fourth-order valence-corrected chi connectivity index (χ4v) is 10.6. The van der Waals surface area contributed by atoms with Gasteiger partial charge >= 0.3 is 5.97 Å². The van der Waals surface area contributed by atoms with Crippen molar-refractivity contribution in [2.45, 2.75) is 60.5 Å². The van der Waals surface area contributed by atoms with E-state index in [1.807, 2.05) is 56.3 Å². The van der Waals surface area contributed by atoms with Crippen LogP contribution in [0.2, 0.25) is 0 Å². The first-order chi connectivity index (χ1) is 19.2. The second-order valence-corrected chi connectivity index (χ2v) is 13.8. The second kappa shape index (κ2) is 11.5. The summed E-state index contributed by atoms with van der Waals surface area (Å²) in [6.07, 6.45) is 2.99. The van der Waals surface area contributed by atoms with Crippen molar-refractivity contribution in [2.24, 2.45) is 17.8 Å². The Labute approximate surface area is 248 Å². The number of fused-ring (bicyclic) bond motifs is 2. The molecule has 5 rings (SSSR count). The number of aliphatic hydroxyl groups is 1. The molecule has 3 fully saturated rings. The van der Waals surface area contributed by atoms with E-state index in [2.05, 4.69) is 22.5 Å². The molecule has 0 aliphatic carbocycles. The number of likely N-dealkylation sites (tertiary alicyclic amines) is 1. The Kier molecular flexibility index (Phi) is 8.37. The number of nitrogens with zero attached hydrogens (tertiary/aromatic N) is 2. The zero-order chi connectivity index (χ0) is 28.8. The normalized spacial score (nSPS) is 30.3. The third-order valence-electron chi connectivity index (χ3n) is 8.99. The zero-order valence-corrected chi connectivity index (χ0v) is 25.6. The van der Waals surface area contributed by atoms with Crippen molar-refractivity contribution >= 4 is 61.9 Å². The quantitative estimate of drug-likeness (QED) is 0.231. The lowest BCUT2D eigenvalue weighted by molar-refractivity contribution is -0.154. The minimum atomic E-state index is -0.850. The molecule has 2 bridgehead atoms. The molecular formula is C31H37BrN2O5S. The predicted octanol–water partition coefficient (Wildman–Crippen LogP) is 4.79. The number of halogens is 1. The van der Waals surface area contributed by atoms with E-state index in [-0.39, 0.29) is 53.5 Å². The summed E-state index contributed by atoms with van der Waals surface area (Å²) in [5.74, 6) is -2.23. The van der Waals surface area contributed by atoms with Crippen LogP contribution in [0.15, 0.2) is 55.1 Å². The Balaban J connectivity index is 1.64. The number of anilines is 1. The number of benzene rings is 2. The molecule has 7 nitrogen and oxygen atoms in total. The highest BCUT2D eigenvalue weighted by Gasteiger charge is 2.76. The van der Waals surface area contributed by atoms with Crippen molar-refractivity contribution in [2.75, 3.05) is 24.7 Å². The number of thioether (sulfide) groups is 1. The molecule has 9 heteroatoms. The number of carbonyl (C=O) groups is 3. The topological polar surface area (TPSA) is 87.2 Å². The van der Waals surface area contributed by atoms with Crippen LogP contribution in [-0.4, -0.2) is 74.5 Å². The van der Waals surface area contributed by atoms with Gasteiger partial charge < -0.3 is 19.6 Å². The van der Waals surface area contributed by atoms with Gasteiger partial charge in [0.2, 0.25) is 5.91 Å². The highest BCUT2D eigenvalue weighted by molar-refractivity contribution is 9.09. The highest BCUT2D eigenvalue weighted by atomic mass is 79.9. The fraction of sp³-hybridized carbons (Fsp3) is 0.516. The minimum absolute atomic E-state index is 0.0454. The van der Waals surface area contributed by atoms with E-state index in [1.54, 1.807) is 34.6 Å². The van der Waals surface area contributed by atoms with Gasteiger partial charge in [-0.25, -0.2) is 0 Å². The van der Waals surface area contributed by atoms with Crippen molar-refractivity contribution in [3.8, 4) is 0 Å². The number of hydrogen-bond acceptors (Lipinski definition) is 6. The van der Waals surface area contributed by atoms with Crippen molar-refractivity contribution in [3.63, 3.8) is 0 Å². The van der Waals surface area contributed by atoms with Gasteiger partial charge in [0.15, 0.2) is 0 Å². The molecule has 214 valence electrons. The van der Waals surface area contributed by atoms with E-state index >= 15 is 0 Å². The summed E-state index contributed by atoms with van der Waals surface area (Å²) in [6, 6.07) is 12.5. The molecule has 1 spiro atoms. The van der Waals surface area contributed by atoms with Gasteiger partial charge in [0, 0.05) is 22.3 Å². The average Bonchev–Trinajstić information content (AvgIpc) is 3.55. The molecule has 0 saturated carbocycles. The van der Waals surface area contributed by atoms with Crippen LogP contribution in [0.4, 0.5) is 5.69 Å². The Bertz CT molecular complexity index is 1320. The molecular weight excluding hydrogens is 592 g/mol. The van der Waals surface area contributed by atoms with Crippen LogP contribution >= 0.6 is 27.7 Å². The summed E-state index contributed by atoms with van der Waals surface area (Å²) < 4.78 is 4.64. The maximum atomic E-state index is 14.9. The van der Waals surface area contributed by atoms with Crippen molar-refractivity contribution in [1.29, 1.82) is 0 Å². The number of hydrogen-bond donors (Lipinski definition) is 1. The molecule has 0 radical (unpaired) electrons. The Morgan fingerprint density at radius 1 is 1.27 bits per heavy atom. The molecule has 2 aromatic carbocycles. The van der Waals surface area contributed by atoms with E-state index in [0.29, 0.717) is 6.42 Å². The Hall–Kier alpha value is -2.36. The summed E-state index contributed by atoms with van der Waals surface area (Å²) in [6.45, 7) is 9.90. The van der Waals surface area contributed by atoms with E-state index in [0.717, 1.165) is 22.9 Å². The van der Waals surface area contributed by atoms with Crippen LogP contribution in [0.1, 0.15) is 33.6 Å². The summed E-state index contributed by atoms with van der Waals surface area (Å²) >= 11 is 5.37. The van der Waals surface area contributed by atoms with Gasteiger partial charge in [-0.2, -0.15) is 0 Å². The number of alkyl halides is 1. The first-order valence-electron chi connectivity index (χ1n) is 14.1. The number of ether oxygens (including phenoxy) is 1. The van der Waals surface area contributed by atoms with E-state index in [9.17, 15) is 19.5 Å². The summed E-state index contributed by atoms with van der Waals surface area (Å²) in [4.78, 5) is 45.8. The number of amides is 2. The number of esters is 1. The summed E-state index contributed by atoms with van der Waals surface area (Å²) in [7, 11) is 0. The maximum absolute atomic E-state index is 14.9. The zero-order valence-electron chi connectivity index (χ0n) is 23.2. The molecule has 3 unspecified atom stereocenters. The molecule has 0 aromatic heterocycles. The third kappa shape index (κ3) is 4.49. The van der Waals surface area contributed by atoms with Crippen LogP contribution < -0.4 is 4.90 Å². The molecule has 2 amide bonds. The molecule has 3 heterocycles. The largest absolute Gasteiger partial charge is 0.466 e. The molecule has 3 aliphatic heterocycles. The van der Waals surface area contributed by atoms with Crippen LogP contribution in [0.25, 0.3) is 10.8 Å². The molecule has 2 aromatic rings. The number of rotatable bonds is 10. The lowest BCUT2D eigenvalue weighted by Gasteiger charge is -2.41. The monoisotopic (exact) mass is 628 g/mol. The SMILES string of the molecule is C=CCN(C(=O)C1N([C@@H](CO)[C@@H](C)CC)C(=O)[C@@H]2[C@H](C(=O)OCC)[C@H]3SC12CC3Br)c1ccc2ccccc2c1. The Morgan fingerprint density at radius 3 is 2.65 bits per heavy atom. The van der Waals surface area contributed by atoms with Crippen molar-refractivity contribution in [1.82, 2.24) is 4.90 Å². The molecule has 40 heavy (non-hydrogen) atoms. The van der Waals surface area contributed by atoms with Crippen LogP contribution in [0, 0.1) is 17.8 Å². The molecule has 3 saturated heterocycles. The van der Waals surface area contributed by atoms with Crippen LogP contribution in [-0.2, 0) is 19.1 Å². The summed E-state index contributed by atoms with van der Waals surface area (Å²) in [5.41, 5.74) is 0.717. The van der Waals surface area contributed by atoms with E-state index in [4.69, 9.17) is 4.74 Å². The van der Waals surface area contributed by atoms with Gasteiger partial charge in [-0.3, -0.25) is 14.4 Å². The highest BCUT2D eigenvalue weighted by Crippen LogP contribution is 2.68. The third-order valence-corrected chi connectivity index (χ3v) is 12.2. The standard InChI is InChI=1S/C31H37BrN2O5S/c1-5-14-33(21-13-12-19-10-8-9-11-20(19)15-21)29(37)27-31-16-22(32)26(40-31)24(30(38)39-7-3)25(31)28(36)34(27)23(17-35)18(4)6-2/h5,8-13,15,18,22-27,35H,1,6-7,14,16-17H2,2-4H3/t18-,22?,23-,24-,25-,26-,27?,31?/m0/s1. The van der Waals surface area contributed by atoms with Gasteiger partial charge in [0.05, 0.1) is 35.8 Å². The fourth-order valence-electron chi connectivity index (χ4n) is 6.97. The van der Waals surface area contributed by atoms with Gasteiger partial charge in [0.1, 0.15) is 6.04 Å². The van der Waals surface area contributed by atoms with E-state index < -0.39 is 28.7 Å². The van der Waals surface area contributed by atoms with Crippen LogP contribution in [0.3, 0.4) is 0 Å². The average molecular weight is 630 g/mol. The van der Waals surface area contributed by atoms with Gasteiger partial charge in [0.25, 0.3) is 5.91 Å². The van der Waals surface area contributed by atoms with Gasteiger partial charge in [-0.1, -0.05) is 72.6 Å². The van der Waals surface area contributed by atoms with Crippen molar-refractivity contribution < 1.29 is 24.2 Å². The van der Waals surface area contributed by atoms with Gasteiger partial charge in [-0.15, -0.1) is 18.3 Å². The van der Waals surface area contributed by atoms with Gasteiger partial charge in [-0.05, 0) is 42.2 Å². The predicted molar refractivity (Wildman–Crippen MR) is 163 cm³/mol. The molecule has 3 aliphatic rings. The first kappa shape index (κ1) is 29.1. The minimum Gasteiger partial charge on any atom is -0.466 e. The summed E-state index contributed by atoms with van der Waals surface area (Å²) in [5, 5.41) is 12.5. The lowest BCUT2D eigenvalue weighted by Crippen LogP contribution is -2.59. The first-order valence-corrected chi connectivity index (χ1v) is 15.9. The Morgan fingerprint density at radius 2 is 2.00 bits per heavy atom. The lowest BCUT2D eigenvalue weighted by atomic mass is 9.71. The maximum Gasteiger partial charge on any atom is 0.310 e. The van der Waals surface area contributed by atoms with Crippen molar-refractivity contribution in [3.05, 3.63) is 55.1 Å². The molecule has 1 N–H and O–H groups in total. The second-order valence-electron chi connectivity index (χ2n) is 11.1. The number of aliphatic hydroxyl groups excluding tert-OH is 1. The smallest absolute Gasteiger partial charge is 0.310 e. The van der Waals surface area contributed by atoms with E-state index in [1.165, 1.54) is 0 Å². The number of carbonyl (C=O) groups excluding carboxylic acids is 3.